The van der Waals surface area contributed by atoms with Crippen LogP contribution < -0.4 is 16.8 Å². The van der Waals surface area contributed by atoms with Crippen LogP contribution in [0.5, 0.6) is 0 Å². The number of nitrogens with zero attached hydrogens (tertiary/aromatic N) is 4. The zero-order valence-electron chi connectivity index (χ0n) is 15.0. The molecule has 0 radical (unpaired) electrons. The number of aliphatic imine (C=N–C) groups is 1. The van der Waals surface area contributed by atoms with Crippen LogP contribution in [0, 0.1) is 17.8 Å². The molecule has 12 heteroatoms. The Labute approximate surface area is 155 Å². The first kappa shape index (κ1) is 19.5. The number of fused-ring (bicyclic) bond motifs is 1. The zero-order valence-corrected chi connectivity index (χ0v) is 15.0. The van der Waals surface area contributed by atoms with Crippen molar-refractivity contribution in [3.63, 3.8) is 0 Å². The number of aromatic amines is 1. The summed E-state index contributed by atoms with van der Waals surface area (Å²) in [6.45, 7) is 1.02. The summed E-state index contributed by atoms with van der Waals surface area (Å²) in [5, 5.41) is 47.2. The molecule has 12 nitrogen and oxygen atoms in total. The summed E-state index contributed by atoms with van der Waals surface area (Å²) in [4.78, 5) is 16.1. The third-order valence-corrected chi connectivity index (χ3v) is 5.72. The molecule has 1 heterocycles. The van der Waals surface area contributed by atoms with Crippen LogP contribution in [0.15, 0.2) is 4.99 Å². The van der Waals surface area contributed by atoms with Crippen molar-refractivity contribution in [2.45, 2.75) is 50.0 Å². The number of carbonyl (C=O) groups excluding carboxylic acids is 1. The van der Waals surface area contributed by atoms with E-state index in [0.717, 1.165) is 0 Å². The van der Waals surface area contributed by atoms with Crippen LogP contribution in [0.2, 0.25) is 0 Å². The molecule has 3 rings (SSSR count). The Morgan fingerprint density at radius 3 is 2.81 bits per heavy atom. The van der Waals surface area contributed by atoms with Gasteiger partial charge in [0.15, 0.2) is 5.96 Å². The Morgan fingerprint density at radius 1 is 1.52 bits per heavy atom. The SMILES string of the molecule is CC(=O)N[C@H]1[C@@H](C[C@H](O)CO)C[C@H]2[C@@H]1[C@H](N=C(N)N)C[C@]2(O)c1nn[nH]n1. The average molecular weight is 382 g/mol. The van der Waals surface area contributed by atoms with Crippen LogP contribution in [0.1, 0.15) is 32.0 Å². The standard InChI is InChI=1S/C15H26N8O4/c1-6(25)18-12-7(2-8(26)5-24)3-9-11(12)10(19-14(16)17)4-15(9,27)13-20-22-23-21-13/h7-12,24,26-27H,2-5H2,1H3,(H,18,25)(H4,16,17,19)(H,20,21,22,23)/t7-,8-,9-,10+,11+,12-,15+/m0/s1. The summed E-state index contributed by atoms with van der Waals surface area (Å²) in [5.74, 6) is -1.01. The highest BCUT2D eigenvalue weighted by atomic mass is 16.3. The van der Waals surface area contributed by atoms with Gasteiger partial charge < -0.3 is 32.1 Å². The fourth-order valence-corrected chi connectivity index (χ4v) is 4.86. The first-order valence-corrected chi connectivity index (χ1v) is 8.87. The third-order valence-electron chi connectivity index (χ3n) is 5.72. The fraction of sp³-hybridized carbons (Fsp3) is 0.800. The third kappa shape index (κ3) is 3.59. The molecule has 0 unspecified atom stereocenters. The molecule has 1 aromatic heterocycles. The van der Waals surface area contributed by atoms with Gasteiger partial charge in [-0.05, 0) is 18.8 Å². The van der Waals surface area contributed by atoms with E-state index >= 15 is 0 Å². The summed E-state index contributed by atoms with van der Waals surface area (Å²) in [7, 11) is 0. The van der Waals surface area contributed by atoms with E-state index in [1.807, 2.05) is 0 Å². The van der Waals surface area contributed by atoms with Crippen molar-refractivity contribution in [1.82, 2.24) is 25.9 Å². The quantitative estimate of drug-likeness (QED) is 0.196. The lowest BCUT2D eigenvalue weighted by atomic mass is 9.86. The molecule has 27 heavy (non-hydrogen) atoms. The highest BCUT2D eigenvalue weighted by Gasteiger charge is 2.63. The van der Waals surface area contributed by atoms with E-state index in [2.05, 4.69) is 30.9 Å². The van der Waals surface area contributed by atoms with Gasteiger partial charge in [0.25, 0.3) is 0 Å². The minimum atomic E-state index is -1.42. The van der Waals surface area contributed by atoms with E-state index in [1.54, 1.807) is 0 Å². The second kappa shape index (κ2) is 7.37. The van der Waals surface area contributed by atoms with E-state index in [9.17, 15) is 20.1 Å². The monoisotopic (exact) mass is 382 g/mol. The van der Waals surface area contributed by atoms with Crippen LogP contribution in [0.3, 0.4) is 0 Å². The zero-order chi connectivity index (χ0) is 19.8. The Bertz CT molecular complexity index is 694. The number of nitrogens with one attached hydrogen (secondary N) is 2. The molecule has 2 aliphatic carbocycles. The molecular formula is C15H26N8O4. The molecule has 2 saturated carbocycles. The molecule has 1 amide bonds. The Morgan fingerprint density at radius 2 is 2.26 bits per heavy atom. The van der Waals surface area contributed by atoms with E-state index in [4.69, 9.17) is 11.5 Å². The second-order valence-corrected chi connectivity index (χ2v) is 7.46. The maximum Gasteiger partial charge on any atom is 0.217 e. The highest BCUT2D eigenvalue weighted by molar-refractivity contribution is 5.76. The van der Waals surface area contributed by atoms with Crippen LogP contribution >= 0.6 is 0 Å². The number of hydrogen-bond acceptors (Lipinski definition) is 8. The van der Waals surface area contributed by atoms with Crippen molar-refractivity contribution < 1.29 is 20.1 Å². The molecule has 0 spiro atoms. The van der Waals surface area contributed by atoms with Gasteiger partial charge in [-0.3, -0.25) is 4.79 Å². The fourth-order valence-electron chi connectivity index (χ4n) is 4.86. The smallest absolute Gasteiger partial charge is 0.217 e. The number of hydrogen-bond donors (Lipinski definition) is 7. The lowest BCUT2D eigenvalue weighted by Gasteiger charge is -2.28. The van der Waals surface area contributed by atoms with E-state index in [1.165, 1.54) is 6.92 Å². The van der Waals surface area contributed by atoms with Crippen molar-refractivity contribution in [3.8, 4) is 0 Å². The minimum Gasteiger partial charge on any atom is -0.394 e. The molecule has 150 valence electrons. The first-order chi connectivity index (χ1) is 12.8. The summed E-state index contributed by atoms with van der Waals surface area (Å²) in [6, 6.07) is -0.834. The highest BCUT2D eigenvalue weighted by Crippen LogP contribution is 2.57. The van der Waals surface area contributed by atoms with Crippen molar-refractivity contribution in [2.75, 3.05) is 6.61 Å². The number of guanidine groups is 1. The summed E-state index contributed by atoms with van der Waals surface area (Å²) >= 11 is 0. The molecule has 0 aliphatic heterocycles. The van der Waals surface area contributed by atoms with Crippen LogP contribution in [0.25, 0.3) is 0 Å². The van der Waals surface area contributed by atoms with Crippen molar-refractivity contribution >= 4 is 11.9 Å². The topological polar surface area (TPSA) is 209 Å². The molecule has 2 fully saturated rings. The lowest BCUT2D eigenvalue weighted by Crippen LogP contribution is -2.45. The number of amides is 1. The van der Waals surface area contributed by atoms with Gasteiger partial charge in [0.05, 0.1) is 18.8 Å². The maximum absolute atomic E-state index is 11.8. The number of aliphatic hydroxyl groups is 3. The van der Waals surface area contributed by atoms with E-state index < -0.39 is 17.7 Å². The molecule has 0 saturated heterocycles. The van der Waals surface area contributed by atoms with Gasteiger partial charge in [-0.2, -0.15) is 5.21 Å². The molecule has 9 N–H and O–H groups in total. The van der Waals surface area contributed by atoms with Crippen LogP contribution in [0.4, 0.5) is 0 Å². The van der Waals surface area contributed by atoms with Gasteiger partial charge in [-0.1, -0.05) is 5.21 Å². The van der Waals surface area contributed by atoms with Gasteiger partial charge in [0, 0.05) is 31.2 Å². The van der Waals surface area contributed by atoms with Gasteiger partial charge in [0.1, 0.15) is 5.60 Å². The van der Waals surface area contributed by atoms with Gasteiger partial charge >= 0.3 is 0 Å². The molecule has 1 aromatic rings. The predicted molar refractivity (Wildman–Crippen MR) is 92.7 cm³/mol. The number of carbonyl (C=O) groups is 1. The molecule has 0 aromatic carbocycles. The van der Waals surface area contributed by atoms with Crippen molar-refractivity contribution in [3.05, 3.63) is 5.82 Å². The first-order valence-electron chi connectivity index (χ1n) is 8.87. The van der Waals surface area contributed by atoms with E-state index in [0.29, 0.717) is 6.42 Å². The van der Waals surface area contributed by atoms with Gasteiger partial charge in [-0.15, -0.1) is 10.2 Å². The molecule has 7 atom stereocenters. The summed E-state index contributed by atoms with van der Waals surface area (Å²) in [5.41, 5.74) is 9.74. The number of tetrazole rings is 1. The van der Waals surface area contributed by atoms with Gasteiger partial charge in [0.2, 0.25) is 11.7 Å². The number of aromatic nitrogens is 4. The second-order valence-electron chi connectivity index (χ2n) is 7.46. The average Bonchev–Trinajstić information content (AvgIpc) is 3.27. The van der Waals surface area contributed by atoms with Crippen LogP contribution in [-0.4, -0.2) is 72.6 Å². The maximum atomic E-state index is 11.8. The van der Waals surface area contributed by atoms with Crippen LogP contribution in [-0.2, 0) is 10.4 Å². The van der Waals surface area contributed by atoms with Crippen molar-refractivity contribution in [1.29, 1.82) is 0 Å². The van der Waals surface area contributed by atoms with Gasteiger partial charge in [-0.25, -0.2) is 4.99 Å². The minimum absolute atomic E-state index is 0.114. The summed E-state index contributed by atoms with van der Waals surface area (Å²) < 4.78 is 0. The largest absolute Gasteiger partial charge is 0.394 e. The number of H-pyrrole nitrogens is 1. The Balaban J connectivity index is 1.99. The molecule has 2 aliphatic rings. The normalized spacial score (nSPS) is 36.2. The Kier molecular flexibility index (Phi) is 5.31. The molecule has 0 bridgehead atoms. The number of nitrogens with two attached hydrogens (primary N) is 2. The number of aliphatic hydroxyl groups excluding tert-OH is 2. The number of rotatable bonds is 6. The lowest BCUT2D eigenvalue weighted by molar-refractivity contribution is -0.120. The molecular weight excluding hydrogens is 356 g/mol. The predicted octanol–water partition coefficient (Wildman–Crippen LogP) is -3.07. The van der Waals surface area contributed by atoms with Crippen molar-refractivity contribution in [2.24, 2.45) is 34.2 Å². The Hall–Kier alpha value is -2.31. The van der Waals surface area contributed by atoms with E-state index in [-0.39, 0.29) is 60.9 Å². The summed E-state index contributed by atoms with van der Waals surface area (Å²) in [6.07, 6.45) is 0.00913.